The Morgan fingerprint density at radius 2 is 1.47 bits per heavy atom. The topological polar surface area (TPSA) is 88.2 Å². The maximum Gasteiger partial charge on any atom is 0.268 e. The number of aryl methyl sites for hydroxylation is 2. The number of hydrogen-bond donors (Lipinski definition) is 1. The minimum atomic E-state index is -1.01. The van der Waals surface area contributed by atoms with Crippen LogP contribution in [0.25, 0.3) is 0 Å². The van der Waals surface area contributed by atoms with E-state index in [9.17, 15) is 14.4 Å². The summed E-state index contributed by atoms with van der Waals surface area (Å²) in [7, 11) is 3.08. The van der Waals surface area contributed by atoms with Gasteiger partial charge < -0.3 is 9.47 Å². The molecule has 2 aliphatic heterocycles. The standard InChI is InChI=1S/C28H27N3O5/c1-16-5-9-18(10-6-16)26(32)31-25-23(24(29-31)21-14-13-20(35-3)15-22(21)36-4)27(33)30(28(25)34)19-11-7-17(2)8-12-19/h5-15,23-25,29H,1-4H3/t23-,24+,25+/m1/s1. The molecule has 5 rings (SSSR count). The Morgan fingerprint density at radius 1 is 0.833 bits per heavy atom. The van der Waals surface area contributed by atoms with E-state index in [0.717, 1.165) is 11.1 Å². The number of carbonyl (C=O) groups excluding carboxylic acids is 3. The molecule has 2 heterocycles. The van der Waals surface area contributed by atoms with Crippen molar-refractivity contribution >= 4 is 23.4 Å². The summed E-state index contributed by atoms with van der Waals surface area (Å²) in [6, 6.07) is 17.9. The number of nitrogens with zero attached hydrogens (tertiary/aromatic N) is 2. The number of imide groups is 1. The summed E-state index contributed by atoms with van der Waals surface area (Å²) in [5, 5.41) is 1.30. The summed E-state index contributed by atoms with van der Waals surface area (Å²) < 4.78 is 10.9. The molecule has 0 spiro atoms. The lowest BCUT2D eigenvalue weighted by atomic mass is 9.90. The SMILES string of the molecule is COc1ccc([C@@H]2NN(C(=O)c3ccc(C)cc3)[C@@H]3C(=O)N(c4ccc(C)cc4)C(=O)[C@@H]32)c(OC)c1. The highest BCUT2D eigenvalue weighted by atomic mass is 16.5. The molecule has 1 N–H and O–H groups in total. The van der Waals surface area contributed by atoms with Crippen molar-refractivity contribution < 1.29 is 23.9 Å². The third-order valence-electron chi connectivity index (χ3n) is 6.82. The van der Waals surface area contributed by atoms with Crippen LogP contribution < -0.4 is 19.8 Å². The molecule has 0 aromatic heterocycles. The Balaban J connectivity index is 1.60. The molecule has 3 aromatic carbocycles. The molecule has 2 aliphatic rings. The lowest BCUT2D eigenvalue weighted by Crippen LogP contribution is -2.48. The van der Waals surface area contributed by atoms with Gasteiger partial charge in [-0.3, -0.25) is 19.4 Å². The van der Waals surface area contributed by atoms with Gasteiger partial charge in [0.05, 0.1) is 31.9 Å². The summed E-state index contributed by atoms with van der Waals surface area (Å²) in [6.07, 6.45) is 0. The number of fused-ring (bicyclic) bond motifs is 1. The highest BCUT2D eigenvalue weighted by Gasteiger charge is 2.60. The first-order valence-electron chi connectivity index (χ1n) is 11.7. The highest BCUT2D eigenvalue weighted by molar-refractivity contribution is 6.25. The third kappa shape index (κ3) is 3.79. The first-order chi connectivity index (χ1) is 17.3. The van der Waals surface area contributed by atoms with Crippen LogP contribution in [0.3, 0.4) is 0 Å². The summed E-state index contributed by atoms with van der Waals surface area (Å²) in [5.74, 6) is -0.959. The average molecular weight is 486 g/mol. The Bertz CT molecular complexity index is 1340. The number of hydrazine groups is 1. The Hall–Kier alpha value is -4.17. The van der Waals surface area contributed by atoms with Gasteiger partial charge in [-0.05, 0) is 50.2 Å². The second kappa shape index (κ2) is 9.13. The zero-order chi connectivity index (χ0) is 25.6. The van der Waals surface area contributed by atoms with Crippen LogP contribution in [-0.4, -0.2) is 43.0 Å². The molecule has 3 atom stereocenters. The molecule has 2 fully saturated rings. The van der Waals surface area contributed by atoms with E-state index < -0.39 is 23.9 Å². The molecule has 36 heavy (non-hydrogen) atoms. The van der Waals surface area contributed by atoms with Gasteiger partial charge >= 0.3 is 0 Å². The van der Waals surface area contributed by atoms with E-state index in [1.165, 1.54) is 17.0 Å². The number of carbonyl (C=O) groups is 3. The van der Waals surface area contributed by atoms with Gasteiger partial charge in [-0.15, -0.1) is 0 Å². The summed E-state index contributed by atoms with van der Waals surface area (Å²) in [4.78, 5) is 42.3. The summed E-state index contributed by atoms with van der Waals surface area (Å²) >= 11 is 0. The lowest BCUT2D eigenvalue weighted by Gasteiger charge is -2.26. The van der Waals surface area contributed by atoms with E-state index in [1.807, 2.05) is 38.1 Å². The summed E-state index contributed by atoms with van der Waals surface area (Å²) in [5.41, 5.74) is 6.74. The van der Waals surface area contributed by atoms with Gasteiger partial charge in [0.25, 0.3) is 11.8 Å². The molecule has 3 aromatic rings. The average Bonchev–Trinajstić information content (AvgIpc) is 3.40. The molecule has 3 amide bonds. The number of benzene rings is 3. The zero-order valence-electron chi connectivity index (χ0n) is 20.5. The van der Waals surface area contributed by atoms with Crippen molar-refractivity contribution in [3.63, 3.8) is 0 Å². The van der Waals surface area contributed by atoms with Crippen molar-refractivity contribution in [2.24, 2.45) is 5.92 Å². The number of hydrogen-bond acceptors (Lipinski definition) is 6. The fourth-order valence-electron chi connectivity index (χ4n) is 4.89. The van der Waals surface area contributed by atoms with Crippen molar-refractivity contribution in [3.05, 3.63) is 89.0 Å². The molecule has 0 unspecified atom stereocenters. The van der Waals surface area contributed by atoms with Gasteiger partial charge in [0, 0.05) is 17.2 Å². The van der Waals surface area contributed by atoms with Gasteiger partial charge in [0.15, 0.2) is 0 Å². The second-order valence-electron chi connectivity index (χ2n) is 9.07. The van der Waals surface area contributed by atoms with Crippen LogP contribution in [0.1, 0.15) is 33.1 Å². The predicted molar refractivity (Wildman–Crippen MR) is 134 cm³/mol. The monoisotopic (exact) mass is 485 g/mol. The van der Waals surface area contributed by atoms with Crippen molar-refractivity contribution in [1.29, 1.82) is 0 Å². The van der Waals surface area contributed by atoms with Crippen LogP contribution in [0.4, 0.5) is 5.69 Å². The number of ether oxygens (including phenoxy) is 2. The van der Waals surface area contributed by atoms with E-state index in [0.29, 0.717) is 28.3 Å². The maximum atomic E-state index is 13.8. The van der Waals surface area contributed by atoms with Crippen molar-refractivity contribution in [2.45, 2.75) is 25.9 Å². The zero-order valence-corrected chi connectivity index (χ0v) is 20.5. The van der Waals surface area contributed by atoms with Crippen LogP contribution >= 0.6 is 0 Å². The number of nitrogens with one attached hydrogen (secondary N) is 1. The fraction of sp³-hybridized carbons (Fsp3) is 0.250. The van der Waals surface area contributed by atoms with Gasteiger partial charge in [0.2, 0.25) is 5.91 Å². The number of amides is 3. The van der Waals surface area contributed by atoms with E-state index in [2.05, 4.69) is 5.43 Å². The third-order valence-corrected chi connectivity index (χ3v) is 6.82. The molecule has 0 aliphatic carbocycles. The smallest absolute Gasteiger partial charge is 0.268 e. The summed E-state index contributed by atoms with van der Waals surface area (Å²) in [6.45, 7) is 3.87. The Morgan fingerprint density at radius 3 is 2.08 bits per heavy atom. The van der Waals surface area contributed by atoms with Crippen LogP contribution in [0, 0.1) is 19.8 Å². The van der Waals surface area contributed by atoms with Crippen molar-refractivity contribution in [3.8, 4) is 11.5 Å². The number of methoxy groups -OCH3 is 2. The largest absolute Gasteiger partial charge is 0.497 e. The van der Waals surface area contributed by atoms with E-state index >= 15 is 0 Å². The number of anilines is 1. The van der Waals surface area contributed by atoms with Crippen LogP contribution in [0.2, 0.25) is 0 Å². The van der Waals surface area contributed by atoms with Gasteiger partial charge in [-0.25, -0.2) is 10.3 Å². The molecular weight excluding hydrogens is 458 g/mol. The van der Waals surface area contributed by atoms with E-state index in [-0.39, 0.29) is 11.8 Å². The first-order valence-corrected chi connectivity index (χ1v) is 11.7. The van der Waals surface area contributed by atoms with E-state index in [1.54, 1.807) is 49.6 Å². The normalized spacial score (nSPS) is 21.1. The molecule has 0 saturated carbocycles. The van der Waals surface area contributed by atoms with Crippen molar-refractivity contribution in [1.82, 2.24) is 10.4 Å². The molecule has 8 heteroatoms. The minimum Gasteiger partial charge on any atom is -0.497 e. The maximum absolute atomic E-state index is 13.8. The quantitative estimate of drug-likeness (QED) is 0.556. The van der Waals surface area contributed by atoms with E-state index in [4.69, 9.17) is 9.47 Å². The highest BCUT2D eigenvalue weighted by Crippen LogP contribution is 2.45. The molecule has 184 valence electrons. The van der Waals surface area contributed by atoms with Gasteiger partial charge in [-0.2, -0.15) is 0 Å². The predicted octanol–water partition coefficient (Wildman–Crippen LogP) is 3.58. The minimum absolute atomic E-state index is 0.372. The Labute approximate surface area is 209 Å². The lowest BCUT2D eigenvalue weighted by molar-refractivity contribution is -0.123. The molecule has 2 saturated heterocycles. The second-order valence-corrected chi connectivity index (χ2v) is 9.07. The first kappa shape index (κ1) is 23.6. The number of rotatable bonds is 5. The Kier molecular flexibility index (Phi) is 5.97. The molecule has 0 bridgehead atoms. The fourth-order valence-corrected chi connectivity index (χ4v) is 4.89. The van der Waals surface area contributed by atoms with Gasteiger partial charge in [-0.1, -0.05) is 35.4 Å². The molecular formula is C28H27N3O5. The van der Waals surface area contributed by atoms with Gasteiger partial charge in [0.1, 0.15) is 17.5 Å². The van der Waals surface area contributed by atoms with Crippen LogP contribution in [0.15, 0.2) is 66.7 Å². The molecule has 0 radical (unpaired) electrons. The molecule has 8 nitrogen and oxygen atoms in total. The van der Waals surface area contributed by atoms with Crippen LogP contribution in [-0.2, 0) is 9.59 Å². The van der Waals surface area contributed by atoms with Crippen LogP contribution in [0.5, 0.6) is 11.5 Å². The van der Waals surface area contributed by atoms with Crippen molar-refractivity contribution in [2.75, 3.05) is 19.1 Å².